The van der Waals surface area contributed by atoms with Crippen LogP contribution in [0.25, 0.3) is 0 Å². The summed E-state index contributed by atoms with van der Waals surface area (Å²) in [6.07, 6.45) is -13.8. The Morgan fingerprint density at radius 2 is 1.64 bits per heavy atom. The van der Waals surface area contributed by atoms with E-state index in [4.69, 9.17) is 32.3 Å². The lowest BCUT2D eigenvalue weighted by Crippen LogP contribution is -2.60. The monoisotopic (exact) mass is 691 g/mol. The normalized spacial score (nSPS) is 32.9. The van der Waals surface area contributed by atoms with Crippen molar-refractivity contribution in [2.45, 2.75) is 61.7 Å². The Kier molecular flexibility index (Phi) is 13.6. The van der Waals surface area contributed by atoms with Crippen LogP contribution in [-0.4, -0.2) is 143 Å². The van der Waals surface area contributed by atoms with E-state index in [2.05, 4.69) is 5.32 Å². The number of hydrogen-bond donors (Lipinski definition) is 7. The van der Waals surface area contributed by atoms with Gasteiger partial charge in [-0.2, -0.15) is 0 Å². The molecule has 7 N–H and O–H groups in total. The molecule has 2 aliphatic rings. The second-order valence-corrected chi connectivity index (χ2v) is 14.5. The quantitative estimate of drug-likeness (QED) is 0.0665. The number of nitrogens with zero attached hydrogens (tertiary/aromatic N) is 1. The summed E-state index contributed by atoms with van der Waals surface area (Å²) in [4.78, 5) is 37.4. The fourth-order valence-electron chi connectivity index (χ4n) is 4.32. The van der Waals surface area contributed by atoms with Gasteiger partial charge in [0.25, 0.3) is 5.56 Å². The van der Waals surface area contributed by atoms with E-state index in [1.165, 1.54) is 7.11 Å². The highest BCUT2D eigenvalue weighted by Crippen LogP contribution is 2.62. The number of amides is 1. The number of carbonyl (C=O) groups excluding carboxylic acids is 1. The lowest BCUT2D eigenvalue weighted by Gasteiger charge is -2.40. The first-order valence-electron chi connectivity index (χ1n) is 13.6. The second kappa shape index (κ2) is 16.3. The van der Waals surface area contributed by atoms with Crippen LogP contribution in [0.4, 0.5) is 0 Å². The molecule has 2 fully saturated rings. The molecule has 0 bridgehead atoms. The van der Waals surface area contributed by atoms with Crippen LogP contribution in [0.5, 0.6) is 0 Å². The average molecular weight is 692 g/mol. The average Bonchev–Trinajstić information content (AvgIpc) is 3.23. The van der Waals surface area contributed by atoms with Crippen molar-refractivity contribution in [3.8, 4) is 0 Å². The lowest BCUT2D eigenvalue weighted by atomic mass is 9.99. The summed E-state index contributed by atoms with van der Waals surface area (Å²) in [7, 11) is -7.23. The fraction of sp³-hybridized carbons (Fsp3) is 0.783. The molecule has 0 aromatic carbocycles. The number of aromatic amines is 1. The van der Waals surface area contributed by atoms with Crippen LogP contribution in [0.1, 0.15) is 12.6 Å². The Morgan fingerprint density at radius 1 is 0.956 bits per heavy atom. The SMILES string of the molecule is COCCOCCC(=O)NCC1O[C@H](OP(C)(=O)OP(C)(=O)OCC2OC(n3ccc(=O)[nH]c3=O)[C@H](O)[C@@H]2O)C(O)[C@@H](O)[C@H]1O. The number of rotatable bonds is 16. The smallest absolute Gasteiger partial charge is 0.337 e. The predicted octanol–water partition coefficient (Wildman–Crippen LogP) is -3.17. The number of carbonyl (C=O) groups is 1. The Hall–Kier alpha value is -1.87. The topological polar surface area (TPSA) is 284 Å². The molecule has 45 heavy (non-hydrogen) atoms. The van der Waals surface area contributed by atoms with Crippen LogP contribution in [0.15, 0.2) is 21.9 Å². The molecule has 3 rings (SSSR count). The minimum Gasteiger partial charge on any atom is -0.388 e. The van der Waals surface area contributed by atoms with Gasteiger partial charge in [-0.25, -0.2) is 9.11 Å². The van der Waals surface area contributed by atoms with Crippen LogP contribution in [0.2, 0.25) is 0 Å². The number of hydrogen-bond acceptors (Lipinski definition) is 17. The van der Waals surface area contributed by atoms with Crippen LogP contribution in [-0.2, 0) is 46.2 Å². The molecule has 20 nitrogen and oxygen atoms in total. The molecule has 1 aromatic heterocycles. The molecule has 0 spiro atoms. The Balaban J connectivity index is 1.54. The third-order valence-electron chi connectivity index (χ3n) is 6.60. The summed E-state index contributed by atoms with van der Waals surface area (Å²) in [6, 6.07) is 0.994. The number of methoxy groups -OCH3 is 1. The summed E-state index contributed by atoms with van der Waals surface area (Å²) in [6.45, 7) is 1.47. The molecule has 1 aromatic rings. The van der Waals surface area contributed by atoms with Crippen molar-refractivity contribution in [1.29, 1.82) is 0 Å². The van der Waals surface area contributed by atoms with Gasteiger partial charge in [0.15, 0.2) is 12.5 Å². The highest BCUT2D eigenvalue weighted by Gasteiger charge is 2.48. The summed E-state index contributed by atoms with van der Waals surface area (Å²) < 4.78 is 63.2. The molecule has 258 valence electrons. The van der Waals surface area contributed by atoms with Gasteiger partial charge in [-0.15, -0.1) is 0 Å². The molecule has 2 saturated heterocycles. The van der Waals surface area contributed by atoms with Crippen LogP contribution < -0.4 is 16.6 Å². The van der Waals surface area contributed by atoms with Crippen molar-refractivity contribution >= 4 is 21.1 Å². The maximum absolute atomic E-state index is 13.1. The van der Waals surface area contributed by atoms with Gasteiger partial charge in [-0.05, 0) is 0 Å². The number of ether oxygens (including phenoxy) is 4. The van der Waals surface area contributed by atoms with Crippen molar-refractivity contribution < 1.29 is 71.8 Å². The van der Waals surface area contributed by atoms with Gasteiger partial charge in [0, 0.05) is 45.7 Å². The van der Waals surface area contributed by atoms with Crippen LogP contribution in [0.3, 0.4) is 0 Å². The molecule has 6 unspecified atom stereocenters. The minimum atomic E-state index is -4.43. The highest BCUT2D eigenvalue weighted by atomic mass is 31.3. The van der Waals surface area contributed by atoms with E-state index in [1.807, 2.05) is 4.98 Å². The van der Waals surface area contributed by atoms with Gasteiger partial charge < -0.3 is 54.3 Å². The van der Waals surface area contributed by atoms with Gasteiger partial charge in [0.2, 0.25) is 5.91 Å². The number of H-pyrrole nitrogens is 1. The molecular formula is C23H39N3O17P2. The Morgan fingerprint density at radius 3 is 2.31 bits per heavy atom. The van der Waals surface area contributed by atoms with Crippen molar-refractivity contribution in [2.24, 2.45) is 0 Å². The van der Waals surface area contributed by atoms with E-state index in [0.717, 1.165) is 30.2 Å². The summed E-state index contributed by atoms with van der Waals surface area (Å²) in [5, 5.41) is 54.1. The van der Waals surface area contributed by atoms with E-state index < -0.39 is 94.2 Å². The molecule has 11 atom stereocenters. The van der Waals surface area contributed by atoms with E-state index >= 15 is 0 Å². The maximum atomic E-state index is 13.1. The standard InChI is InChI=1S/C23H39N3O17P2/c1-37-8-9-38-7-5-14(27)24-10-12-16(29)18(31)20(33)22(41-12)42-45(3,36)43-44(2,35)39-11-13-17(30)19(32)21(40-13)26-6-4-15(28)25-23(26)34/h4,6,12-13,16-22,29-33H,5,7-11H2,1-3H3,(H,24,27)(H,25,28,34)/t12?,13?,16-,17+,18-,19+,20?,21?,22+,44?,45?/m0/s1. The summed E-state index contributed by atoms with van der Waals surface area (Å²) in [5.74, 6) is -0.476. The first-order chi connectivity index (χ1) is 21.0. The number of nitrogens with one attached hydrogen (secondary N) is 2. The highest BCUT2D eigenvalue weighted by molar-refractivity contribution is 7.66. The molecule has 0 saturated carbocycles. The third kappa shape index (κ3) is 10.6. The van der Waals surface area contributed by atoms with E-state index in [-0.39, 0.29) is 26.2 Å². The van der Waals surface area contributed by atoms with Crippen LogP contribution >= 0.6 is 15.2 Å². The third-order valence-corrected chi connectivity index (χ3v) is 10.2. The number of aliphatic hydroxyl groups excluding tert-OH is 5. The van der Waals surface area contributed by atoms with E-state index in [1.54, 1.807) is 0 Å². The van der Waals surface area contributed by atoms with Gasteiger partial charge in [0.05, 0.1) is 26.4 Å². The first-order valence-corrected chi connectivity index (χ1v) is 17.6. The van der Waals surface area contributed by atoms with Crippen molar-refractivity contribution in [3.05, 3.63) is 33.1 Å². The van der Waals surface area contributed by atoms with Gasteiger partial charge in [-0.1, -0.05) is 0 Å². The van der Waals surface area contributed by atoms with Crippen LogP contribution in [0, 0.1) is 0 Å². The first kappa shape index (κ1) is 37.6. The van der Waals surface area contributed by atoms with Gasteiger partial charge in [0.1, 0.15) is 42.7 Å². The van der Waals surface area contributed by atoms with Crippen molar-refractivity contribution in [2.75, 3.05) is 53.4 Å². The number of aliphatic hydroxyl groups is 5. The maximum Gasteiger partial charge on any atom is 0.337 e. The van der Waals surface area contributed by atoms with Gasteiger partial charge >= 0.3 is 20.9 Å². The molecule has 0 radical (unpaired) electrons. The molecule has 22 heteroatoms. The zero-order valence-corrected chi connectivity index (χ0v) is 26.4. The summed E-state index contributed by atoms with van der Waals surface area (Å²) >= 11 is 0. The Bertz CT molecular complexity index is 1340. The van der Waals surface area contributed by atoms with E-state index in [0.29, 0.717) is 6.61 Å². The molecular weight excluding hydrogens is 652 g/mol. The molecule has 0 aliphatic carbocycles. The zero-order valence-electron chi connectivity index (χ0n) is 24.6. The fourth-order valence-corrected chi connectivity index (χ4v) is 7.79. The second-order valence-electron chi connectivity index (χ2n) is 10.3. The molecule has 3 heterocycles. The van der Waals surface area contributed by atoms with Gasteiger partial charge in [-0.3, -0.25) is 32.8 Å². The Labute approximate surface area is 256 Å². The zero-order chi connectivity index (χ0) is 33.5. The van der Waals surface area contributed by atoms with Crippen molar-refractivity contribution in [3.63, 3.8) is 0 Å². The minimum absolute atomic E-state index is 0.0321. The van der Waals surface area contributed by atoms with E-state index in [9.17, 15) is 49.0 Å². The number of aromatic nitrogens is 2. The molecule has 1 amide bonds. The largest absolute Gasteiger partial charge is 0.388 e. The van der Waals surface area contributed by atoms with Crippen molar-refractivity contribution in [1.82, 2.24) is 14.9 Å². The summed E-state index contributed by atoms with van der Waals surface area (Å²) in [5.41, 5.74) is -1.62. The molecule has 2 aliphatic heterocycles. The lowest BCUT2D eigenvalue weighted by molar-refractivity contribution is -0.271. The predicted molar refractivity (Wildman–Crippen MR) is 149 cm³/mol.